The molecule has 0 amide bonds. The van der Waals surface area contributed by atoms with Crippen molar-refractivity contribution in [3.63, 3.8) is 0 Å². The maximum atomic E-state index is 6.18. The van der Waals surface area contributed by atoms with Crippen LogP contribution in [0, 0.1) is 0 Å². The van der Waals surface area contributed by atoms with E-state index < -0.39 is 0 Å². The number of hydrogen-bond acceptors (Lipinski definition) is 5. The first kappa shape index (κ1) is 16.3. The lowest BCUT2D eigenvalue weighted by molar-refractivity contribution is 0.193. The number of tetrazole rings is 1. The zero-order valence-electron chi connectivity index (χ0n) is 13.5. The van der Waals surface area contributed by atoms with Gasteiger partial charge in [-0.25, -0.2) is 4.68 Å². The molecule has 1 heterocycles. The summed E-state index contributed by atoms with van der Waals surface area (Å²) >= 11 is 0. The molecule has 6 nitrogen and oxygen atoms in total. The Labute approximate surface area is 131 Å². The lowest BCUT2D eigenvalue weighted by Crippen LogP contribution is -2.46. The second-order valence-electron chi connectivity index (χ2n) is 6.23. The van der Waals surface area contributed by atoms with Gasteiger partial charge in [0.2, 0.25) is 0 Å². The molecule has 0 spiro atoms. The largest absolute Gasteiger partial charge is 0.324 e. The highest BCUT2D eigenvalue weighted by molar-refractivity contribution is 5.35. The number of nitrogens with two attached hydrogens (primary N) is 1. The van der Waals surface area contributed by atoms with Crippen molar-refractivity contribution < 1.29 is 0 Å². The third kappa shape index (κ3) is 4.22. The Bertz CT molecular complexity index is 599. The van der Waals surface area contributed by atoms with Gasteiger partial charge in [0.25, 0.3) is 0 Å². The Morgan fingerprint density at radius 1 is 1.45 bits per heavy atom. The zero-order chi connectivity index (χ0) is 16.2. The summed E-state index contributed by atoms with van der Waals surface area (Å²) in [7, 11) is 0. The average molecular weight is 300 g/mol. The van der Waals surface area contributed by atoms with E-state index in [9.17, 15) is 0 Å². The van der Waals surface area contributed by atoms with Crippen molar-refractivity contribution in [3.05, 3.63) is 48.8 Å². The molecule has 0 saturated carbocycles. The fraction of sp³-hybridized carbons (Fsp3) is 0.438. The van der Waals surface area contributed by atoms with Crippen LogP contribution in [0.5, 0.6) is 0 Å². The molecule has 22 heavy (non-hydrogen) atoms. The zero-order valence-corrected chi connectivity index (χ0v) is 13.5. The van der Waals surface area contributed by atoms with E-state index in [2.05, 4.69) is 46.1 Å². The molecule has 0 bridgehead atoms. The molecule has 1 aromatic heterocycles. The molecule has 0 aliphatic carbocycles. The molecule has 1 atom stereocenters. The van der Waals surface area contributed by atoms with Crippen molar-refractivity contribution >= 4 is 0 Å². The Balaban J connectivity index is 2.24. The molecule has 118 valence electrons. The van der Waals surface area contributed by atoms with Crippen molar-refractivity contribution in [1.29, 1.82) is 0 Å². The Morgan fingerprint density at radius 3 is 2.82 bits per heavy atom. The van der Waals surface area contributed by atoms with Gasteiger partial charge in [-0.15, -0.1) is 11.7 Å². The molecule has 1 unspecified atom stereocenters. The standard InChI is InChI=1S/C16H24N6/c1-5-9-21(11-16(3,4)17)13(2)14-7-6-8-15(10-14)22-12-18-19-20-22/h5-8,10,12-13H,1,9,11,17H2,2-4H3. The SMILES string of the molecule is C=CCN(CC(C)(C)N)C(C)c1cccc(-n2cnnn2)c1. The second kappa shape index (κ2) is 6.81. The van der Waals surface area contributed by atoms with Crippen LogP contribution in [-0.2, 0) is 0 Å². The second-order valence-corrected chi connectivity index (χ2v) is 6.23. The minimum Gasteiger partial charge on any atom is -0.324 e. The number of benzene rings is 1. The van der Waals surface area contributed by atoms with E-state index in [-0.39, 0.29) is 11.6 Å². The summed E-state index contributed by atoms with van der Waals surface area (Å²) in [5, 5.41) is 11.3. The van der Waals surface area contributed by atoms with Gasteiger partial charge in [-0.05, 0) is 48.9 Å². The van der Waals surface area contributed by atoms with Crippen LogP contribution < -0.4 is 5.73 Å². The smallest absolute Gasteiger partial charge is 0.143 e. The van der Waals surface area contributed by atoms with E-state index in [0.29, 0.717) is 0 Å². The van der Waals surface area contributed by atoms with Crippen LogP contribution in [0.25, 0.3) is 5.69 Å². The molecular formula is C16H24N6. The van der Waals surface area contributed by atoms with E-state index in [1.165, 1.54) is 5.56 Å². The molecule has 2 N–H and O–H groups in total. The third-order valence-corrected chi connectivity index (χ3v) is 3.49. The summed E-state index contributed by atoms with van der Waals surface area (Å²) in [6.07, 6.45) is 3.50. The first-order valence-corrected chi connectivity index (χ1v) is 7.38. The molecule has 6 heteroatoms. The first-order valence-electron chi connectivity index (χ1n) is 7.38. The lowest BCUT2D eigenvalue weighted by atomic mass is 10.0. The molecule has 0 aliphatic heterocycles. The van der Waals surface area contributed by atoms with E-state index in [1.54, 1.807) is 11.0 Å². The van der Waals surface area contributed by atoms with Gasteiger partial charge in [0.1, 0.15) is 6.33 Å². The summed E-state index contributed by atoms with van der Waals surface area (Å²) in [5.74, 6) is 0. The Hall–Kier alpha value is -2.05. The van der Waals surface area contributed by atoms with Crippen molar-refractivity contribution in [2.45, 2.75) is 32.4 Å². The van der Waals surface area contributed by atoms with E-state index >= 15 is 0 Å². The highest BCUT2D eigenvalue weighted by Crippen LogP contribution is 2.23. The summed E-state index contributed by atoms with van der Waals surface area (Å²) < 4.78 is 1.65. The van der Waals surface area contributed by atoms with E-state index in [1.807, 2.05) is 32.1 Å². The molecule has 0 radical (unpaired) electrons. The topological polar surface area (TPSA) is 72.9 Å². The maximum absolute atomic E-state index is 6.18. The molecular weight excluding hydrogens is 276 g/mol. The van der Waals surface area contributed by atoms with E-state index in [4.69, 9.17) is 5.73 Å². The number of nitrogens with zero attached hydrogens (tertiary/aromatic N) is 5. The van der Waals surface area contributed by atoms with Gasteiger partial charge in [0, 0.05) is 24.7 Å². The van der Waals surface area contributed by atoms with Gasteiger partial charge in [-0.3, -0.25) is 4.90 Å². The van der Waals surface area contributed by atoms with Gasteiger partial charge in [0.15, 0.2) is 0 Å². The quantitative estimate of drug-likeness (QED) is 0.791. The molecule has 1 aromatic carbocycles. The van der Waals surface area contributed by atoms with Gasteiger partial charge in [0.05, 0.1) is 5.69 Å². The predicted molar refractivity (Wildman–Crippen MR) is 87.6 cm³/mol. The minimum absolute atomic E-state index is 0.220. The highest BCUT2D eigenvalue weighted by atomic mass is 15.5. The molecule has 2 rings (SSSR count). The van der Waals surface area contributed by atoms with E-state index in [0.717, 1.165) is 18.8 Å². The summed E-state index contributed by atoms with van der Waals surface area (Å²) in [5.41, 5.74) is 8.06. The molecule has 0 fully saturated rings. The summed E-state index contributed by atoms with van der Waals surface area (Å²) in [6, 6.07) is 8.43. The van der Waals surface area contributed by atoms with Crippen LogP contribution in [0.1, 0.15) is 32.4 Å². The first-order chi connectivity index (χ1) is 10.4. The normalized spacial score (nSPS) is 13.3. The van der Waals surface area contributed by atoms with Gasteiger partial charge in [-0.1, -0.05) is 18.2 Å². The van der Waals surface area contributed by atoms with Crippen LogP contribution >= 0.6 is 0 Å². The fourth-order valence-corrected chi connectivity index (χ4v) is 2.47. The average Bonchev–Trinajstić information content (AvgIpc) is 2.99. The third-order valence-electron chi connectivity index (χ3n) is 3.49. The van der Waals surface area contributed by atoms with Crippen molar-refractivity contribution in [2.75, 3.05) is 13.1 Å². The van der Waals surface area contributed by atoms with Crippen LogP contribution in [-0.4, -0.2) is 43.7 Å². The maximum Gasteiger partial charge on any atom is 0.143 e. The number of aromatic nitrogens is 4. The van der Waals surface area contributed by atoms with Gasteiger partial charge < -0.3 is 5.73 Å². The van der Waals surface area contributed by atoms with Crippen LogP contribution in [0.3, 0.4) is 0 Å². The Morgan fingerprint density at radius 2 is 2.23 bits per heavy atom. The minimum atomic E-state index is -0.259. The van der Waals surface area contributed by atoms with Crippen LogP contribution in [0.2, 0.25) is 0 Å². The molecule has 0 saturated heterocycles. The van der Waals surface area contributed by atoms with Crippen molar-refractivity contribution in [1.82, 2.24) is 25.1 Å². The summed E-state index contributed by atoms with van der Waals surface area (Å²) in [6.45, 7) is 11.7. The Kier molecular flexibility index (Phi) is 5.05. The highest BCUT2D eigenvalue weighted by Gasteiger charge is 2.21. The number of hydrogen-bond donors (Lipinski definition) is 1. The summed E-state index contributed by atoms with van der Waals surface area (Å²) in [4.78, 5) is 2.31. The lowest BCUT2D eigenvalue weighted by Gasteiger charge is -2.34. The van der Waals surface area contributed by atoms with Crippen LogP contribution in [0.4, 0.5) is 0 Å². The molecule has 0 aliphatic rings. The van der Waals surface area contributed by atoms with Crippen molar-refractivity contribution in [3.8, 4) is 5.69 Å². The fourth-order valence-electron chi connectivity index (χ4n) is 2.47. The number of rotatable bonds is 7. The predicted octanol–water partition coefficient (Wildman–Crippen LogP) is 1.95. The van der Waals surface area contributed by atoms with Crippen molar-refractivity contribution in [2.24, 2.45) is 5.73 Å². The molecule has 2 aromatic rings. The van der Waals surface area contributed by atoms with Crippen LogP contribution in [0.15, 0.2) is 43.2 Å². The van der Waals surface area contributed by atoms with Gasteiger partial charge >= 0.3 is 0 Å². The van der Waals surface area contributed by atoms with Gasteiger partial charge in [-0.2, -0.15) is 0 Å². The monoisotopic (exact) mass is 300 g/mol.